The van der Waals surface area contributed by atoms with Crippen LogP contribution in [0.15, 0.2) is 30.3 Å². The van der Waals surface area contributed by atoms with Gasteiger partial charge in [0.15, 0.2) is 11.5 Å². The summed E-state index contributed by atoms with van der Waals surface area (Å²) in [7, 11) is 3.02. The summed E-state index contributed by atoms with van der Waals surface area (Å²) < 4.78 is 21.5. The van der Waals surface area contributed by atoms with Crippen molar-refractivity contribution in [2.45, 2.75) is 6.42 Å². The van der Waals surface area contributed by atoms with Crippen molar-refractivity contribution in [2.75, 3.05) is 32.8 Å². The zero-order valence-corrected chi connectivity index (χ0v) is 14.7. The average molecular weight is 364 g/mol. The number of hydrogen-bond donors (Lipinski definition) is 1. The quantitative estimate of drug-likeness (QED) is 0.882. The number of fused-ring (bicyclic) bond motifs is 1. The van der Waals surface area contributed by atoms with Crippen LogP contribution in [-0.4, -0.2) is 33.3 Å². The van der Waals surface area contributed by atoms with Crippen molar-refractivity contribution in [2.24, 2.45) is 0 Å². The van der Waals surface area contributed by atoms with E-state index in [-0.39, 0.29) is 12.3 Å². The summed E-state index contributed by atoms with van der Waals surface area (Å²) >= 11 is 6.07. The van der Waals surface area contributed by atoms with Crippen molar-refractivity contribution in [1.82, 2.24) is 0 Å². The van der Waals surface area contributed by atoms with Gasteiger partial charge >= 0.3 is 0 Å². The van der Waals surface area contributed by atoms with Crippen LogP contribution in [0.5, 0.6) is 23.0 Å². The maximum Gasteiger partial charge on any atom is 0.228 e. The number of anilines is 1. The van der Waals surface area contributed by atoms with Gasteiger partial charge in [0, 0.05) is 12.1 Å². The maximum absolute atomic E-state index is 12.4. The first-order valence-corrected chi connectivity index (χ1v) is 8.08. The third-order valence-corrected chi connectivity index (χ3v) is 4.01. The Kier molecular flexibility index (Phi) is 5.19. The molecule has 1 heterocycles. The Morgan fingerprint density at radius 3 is 2.52 bits per heavy atom. The van der Waals surface area contributed by atoms with Gasteiger partial charge in [0.2, 0.25) is 5.91 Å². The number of rotatable bonds is 5. The van der Waals surface area contributed by atoms with Gasteiger partial charge in [-0.05, 0) is 17.7 Å². The minimum atomic E-state index is -0.195. The highest BCUT2D eigenvalue weighted by molar-refractivity contribution is 6.32. The molecule has 0 fully saturated rings. The largest absolute Gasteiger partial charge is 0.495 e. The molecular weight excluding hydrogens is 346 g/mol. The van der Waals surface area contributed by atoms with Gasteiger partial charge in [0.05, 0.1) is 31.4 Å². The Bertz CT molecular complexity index is 793. The molecule has 1 N–H and O–H groups in total. The molecule has 0 aliphatic carbocycles. The van der Waals surface area contributed by atoms with Crippen LogP contribution in [0.4, 0.5) is 5.69 Å². The van der Waals surface area contributed by atoms with E-state index >= 15 is 0 Å². The van der Waals surface area contributed by atoms with Crippen LogP contribution < -0.4 is 24.3 Å². The second kappa shape index (κ2) is 7.53. The molecule has 0 saturated carbocycles. The number of ether oxygens (including phenoxy) is 4. The summed E-state index contributed by atoms with van der Waals surface area (Å²) in [6, 6.07) is 8.69. The topological polar surface area (TPSA) is 66.0 Å². The zero-order valence-electron chi connectivity index (χ0n) is 13.9. The van der Waals surface area contributed by atoms with E-state index in [4.69, 9.17) is 30.5 Å². The van der Waals surface area contributed by atoms with Crippen LogP contribution in [0, 0.1) is 0 Å². The van der Waals surface area contributed by atoms with Crippen LogP contribution >= 0.6 is 11.6 Å². The zero-order chi connectivity index (χ0) is 17.8. The third kappa shape index (κ3) is 3.91. The molecule has 0 unspecified atom stereocenters. The Morgan fingerprint density at radius 1 is 1.08 bits per heavy atom. The second-order valence-corrected chi connectivity index (χ2v) is 5.80. The van der Waals surface area contributed by atoms with E-state index < -0.39 is 0 Å². The van der Waals surface area contributed by atoms with Crippen LogP contribution in [0.25, 0.3) is 0 Å². The van der Waals surface area contributed by atoms with E-state index in [1.807, 2.05) is 18.2 Å². The fraction of sp³-hybridized carbons (Fsp3) is 0.278. The van der Waals surface area contributed by atoms with Crippen LogP contribution in [0.1, 0.15) is 5.56 Å². The lowest BCUT2D eigenvalue weighted by Crippen LogP contribution is -2.17. The molecular formula is C18H18ClNO5. The summed E-state index contributed by atoms with van der Waals surface area (Å²) in [5.74, 6) is 2.07. The minimum absolute atomic E-state index is 0.185. The molecule has 25 heavy (non-hydrogen) atoms. The van der Waals surface area contributed by atoms with E-state index in [0.29, 0.717) is 46.9 Å². The molecule has 1 aliphatic heterocycles. The number of carbonyl (C=O) groups is 1. The van der Waals surface area contributed by atoms with Gasteiger partial charge in [-0.1, -0.05) is 17.7 Å². The molecule has 0 bridgehead atoms. The normalized spacial score (nSPS) is 12.4. The number of nitrogens with one attached hydrogen (secondary N) is 1. The summed E-state index contributed by atoms with van der Waals surface area (Å²) in [6.07, 6.45) is 0.185. The molecule has 2 aromatic rings. The first-order chi connectivity index (χ1) is 12.1. The van der Waals surface area contributed by atoms with E-state index in [1.165, 1.54) is 14.2 Å². The summed E-state index contributed by atoms with van der Waals surface area (Å²) in [5.41, 5.74) is 1.31. The van der Waals surface area contributed by atoms with E-state index in [2.05, 4.69) is 5.32 Å². The lowest BCUT2D eigenvalue weighted by Gasteiger charge is -2.19. The lowest BCUT2D eigenvalue weighted by atomic mass is 10.1. The molecule has 0 saturated heterocycles. The highest BCUT2D eigenvalue weighted by Crippen LogP contribution is 2.36. The molecule has 1 amide bonds. The van der Waals surface area contributed by atoms with Gasteiger partial charge < -0.3 is 24.3 Å². The number of halogens is 1. The van der Waals surface area contributed by atoms with E-state index in [0.717, 1.165) is 5.56 Å². The SMILES string of the molecule is COc1cc(NC(=O)Cc2ccc3c(c2)OCCO3)c(OC)cc1Cl. The van der Waals surface area contributed by atoms with Crippen molar-refractivity contribution in [3.63, 3.8) is 0 Å². The number of carbonyl (C=O) groups excluding carboxylic acids is 1. The minimum Gasteiger partial charge on any atom is -0.495 e. The Morgan fingerprint density at radius 2 is 1.80 bits per heavy atom. The molecule has 132 valence electrons. The number of amides is 1. The van der Waals surface area contributed by atoms with E-state index in [9.17, 15) is 4.79 Å². The van der Waals surface area contributed by atoms with Crippen molar-refractivity contribution < 1.29 is 23.7 Å². The Hall–Kier alpha value is -2.60. The van der Waals surface area contributed by atoms with Crippen LogP contribution in [-0.2, 0) is 11.2 Å². The van der Waals surface area contributed by atoms with Crippen LogP contribution in [0.3, 0.4) is 0 Å². The Labute approximate surface area is 150 Å². The first-order valence-electron chi connectivity index (χ1n) is 7.70. The van der Waals surface area contributed by atoms with Crippen molar-refractivity contribution in [1.29, 1.82) is 0 Å². The Balaban J connectivity index is 1.74. The number of methoxy groups -OCH3 is 2. The molecule has 7 heteroatoms. The van der Waals surface area contributed by atoms with Crippen molar-refractivity contribution in [3.05, 3.63) is 40.9 Å². The number of hydrogen-bond acceptors (Lipinski definition) is 5. The molecule has 3 rings (SSSR count). The van der Waals surface area contributed by atoms with Gasteiger partial charge in [0.25, 0.3) is 0 Å². The predicted molar refractivity (Wildman–Crippen MR) is 94.3 cm³/mol. The number of benzene rings is 2. The average Bonchev–Trinajstić information content (AvgIpc) is 2.62. The van der Waals surface area contributed by atoms with Crippen molar-refractivity contribution in [3.8, 4) is 23.0 Å². The third-order valence-electron chi connectivity index (χ3n) is 3.72. The summed E-state index contributed by atoms with van der Waals surface area (Å²) in [5, 5.41) is 3.22. The van der Waals surface area contributed by atoms with E-state index in [1.54, 1.807) is 12.1 Å². The fourth-order valence-corrected chi connectivity index (χ4v) is 2.77. The predicted octanol–water partition coefficient (Wildman–Crippen LogP) is 3.31. The maximum atomic E-state index is 12.4. The lowest BCUT2D eigenvalue weighted by molar-refractivity contribution is -0.115. The molecule has 0 aromatic heterocycles. The molecule has 6 nitrogen and oxygen atoms in total. The summed E-state index contributed by atoms with van der Waals surface area (Å²) in [4.78, 5) is 12.4. The highest BCUT2D eigenvalue weighted by Gasteiger charge is 2.15. The molecule has 1 aliphatic rings. The van der Waals surface area contributed by atoms with Crippen molar-refractivity contribution >= 4 is 23.2 Å². The highest BCUT2D eigenvalue weighted by atomic mass is 35.5. The standard InChI is InChI=1S/C18H18ClNO5/c1-22-15-10-13(16(23-2)9-12(15)19)20-18(21)8-11-3-4-14-17(7-11)25-6-5-24-14/h3-4,7,9-10H,5-6,8H2,1-2H3,(H,20,21). The van der Waals surface area contributed by atoms with Gasteiger partial charge in [0.1, 0.15) is 24.7 Å². The van der Waals surface area contributed by atoms with Crippen LogP contribution in [0.2, 0.25) is 5.02 Å². The molecule has 2 aromatic carbocycles. The molecule has 0 radical (unpaired) electrons. The monoisotopic (exact) mass is 363 g/mol. The van der Waals surface area contributed by atoms with Gasteiger partial charge in [-0.25, -0.2) is 0 Å². The smallest absolute Gasteiger partial charge is 0.228 e. The molecule has 0 spiro atoms. The van der Waals surface area contributed by atoms with Gasteiger partial charge in [-0.2, -0.15) is 0 Å². The van der Waals surface area contributed by atoms with Gasteiger partial charge in [-0.15, -0.1) is 0 Å². The second-order valence-electron chi connectivity index (χ2n) is 5.39. The first kappa shape index (κ1) is 17.2. The van der Waals surface area contributed by atoms with Gasteiger partial charge in [-0.3, -0.25) is 4.79 Å². The summed E-state index contributed by atoms with van der Waals surface area (Å²) in [6.45, 7) is 1.04. The fourth-order valence-electron chi connectivity index (χ4n) is 2.54. The molecule has 0 atom stereocenters.